The van der Waals surface area contributed by atoms with Gasteiger partial charge in [0, 0.05) is 0 Å². The molecule has 0 spiro atoms. The van der Waals surface area contributed by atoms with Crippen molar-refractivity contribution in [2.75, 3.05) is 0 Å². The summed E-state index contributed by atoms with van der Waals surface area (Å²) >= 11 is 0. The first-order chi connectivity index (χ1) is 4.81. The van der Waals surface area contributed by atoms with Crippen molar-refractivity contribution < 1.29 is 0 Å². The zero-order valence-electron chi connectivity index (χ0n) is 8.28. The van der Waals surface area contributed by atoms with Crippen LogP contribution in [0.15, 0.2) is 0 Å². The summed E-state index contributed by atoms with van der Waals surface area (Å²) in [7, 11) is 5.99. The molecule has 0 saturated heterocycles. The maximum Gasteiger partial charge on any atom is 0.0700 e. The molecular formula is C10H19B. The summed E-state index contributed by atoms with van der Waals surface area (Å²) in [6.07, 6.45) is 3.70. The molecule has 2 radical (unpaired) electrons. The molecule has 0 unspecified atom stereocenters. The van der Waals surface area contributed by atoms with Gasteiger partial charge in [-0.15, -0.1) is 0 Å². The molecule has 0 amide bonds. The lowest BCUT2D eigenvalue weighted by atomic mass is 9.57. The molecule has 0 aliphatic heterocycles. The Balaban J connectivity index is 2.66. The molecule has 0 aromatic rings. The lowest BCUT2D eigenvalue weighted by Gasteiger charge is -2.44. The van der Waals surface area contributed by atoms with E-state index in [0.29, 0.717) is 16.6 Å². The van der Waals surface area contributed by atoms with E-state index >= 15 is 0 Å². The van der Waals surface area contributed by atoms with Crippen molar-refractivity contribution in [3.05, 3.63) is 0 Å². The summed E-state index contributed by atoms with van der Waals surface area (Å²) in [4.78, 5) is 0. The summed E-state index contributed by atoms with van der Waals surface area (Å²) < 4.78 is 0. The quantitative estimate of drug-likeness (QED) is 0.465. The van der Waals surface area contributed by atoms with Crippen molar-refractivity contribution in [3.63, 3.8) is 0 Å². The fraction of sp³-hybridized carbons (Fsp3) is 1.00. The highest BCUT2D eigenvalue weighted by molar-refractivity contribution is 6.11. The first-order valence-corrected chi connectivity index (χ1v) is 4.56. The van der Waals surface area contributed by atoms with Gasteiger partial charge in [-0.1, -0.05) is 46.4 Å². The van der Waals surface area contributed by atoms with E-state index in [-0.39, 0.29) is 0 Å². The first kappa shape index (κ1) is 9.16. The molecule has 0 heterocycles. The summed E-state index contributed by atoms with van der Waals surface area (Å²) in [6.45, 7) is 9.31. The summed E-state index contributed by atoms with van der Waals surface area (Å²) in [5, 5.41) is 0. The Kier molecular flexibility index (Phi) is 2.11. The van der Waals surface area contributed by atoms with Crippen LogP contribution in [0.5, 0.6) is 0 Å². The highest BCUT2D eigenvalue weighted by Gasteiger charge is 2.35. The predicted octanol–water partition coefficient (Wildman–Crippen LogP) is 3.18. The Hall–Kier alpha value is 0.0649. The SMILES string of the molecule is [B]C1CC(C)(C)CC(C)(C)C1. The fourth-order valence-electron chi connectivity index (χ4n) is 2.93. The largest absolute Gasteiger partial charge is 0.0764 e. The van der Waals surface area contributed by atoms with Gasteiger partial charge in [0.05, 0.1) is 7.85 Å². The van der Waals surface area contributed by atoms with Crippen LogP contribution in [-0.4, -0.2) is 7.85 Å². The third-order valence-electron chi connectivity index (χ3n) is 2.59. The van der Waals surface area contributed by atoms with Gasteiger partial charge in [-0.25, -0.2) is 0 Å². The van der Waals surface area contributed by atoms with Crippen molar-refractivity contribution in [1.82, 2.24) is 0 Å². The van der Waals surface area contributed by atoms with Crippen LogP contribution in [0.25, 0.3) is 0 Å². The van der Waals surface area contributed by atoms with E-state index in [1.54, 1.807) is 0 Å². The first-order valence-electron chi connectivity index (χ1n) is 4.56. The van der Waals surface area contributed by atoms with E-state index in [4.69, 9.17) is 7.85 Å². The van der Waals surface area contributed by atoms with Gasteiger partial charge in [0.2, 0.25) is 0 Å². The van der Waals surface area contributed by atoms with E-state index in [1.165, 1.54) is 19.3 Å². The summed E-state index contributed by atoms with van der Waals surface area (Å²) in [5.74, 6) is 0.425. The maximum absolute atomic E-state index is 5.99. The topological polar surface area (TPSA) is 0 Å². The molecule has 0 aromatic carbocycles. The minimum Gasteiger partial charge on any atom is -0.0764 e. The van der Waals surface area contributed by atoms with Crippen LogP contribution in [0.3, 0.4) is 0 Å². The van der Waals surface area contributed by atoms with E-state index in [1.807, 2.05) is 0 Å². The van der Waals surface area contributed by atoms with Gasteiger partial charge < -0.3 is 0 Å². The average Bonchev–Trinajstić information content (AvgIpc) is 1.49. The maximum atomic E-state index is 5.99. The highest BCUT2D eigenvalue weighted by atomic mass is 14.4. The second-order valence-electron chi connectivity index (χ2n) is 5.67. The molecule has 1 fully saturated rings. The monoisotopic (exact) mass is 150 g/mol. The Morgan fingerprint density at radius 2 is 1.36 bits per heavy atom. The molecule has 0 atom stereocenters. The lowest BCUT2D eigenvalue weighted by Crippen LogP contribution is -2.31. The third kappa shape index (κ3) is 2.54. The second kappa shape index (κ2) is 2.53. The van der Waals surface area contributed by atoms with E-state index in [9.17, 15) is 0 Å². The van der Waals surface area contributed by atoms with Gasteiger partial charge >= 0.3 is 0 Å². The van der Waals surface area contributed by atoms with Gasteiger partial charge in [-0.2, -0.15) is 0 Å². The molecule has 62 valence electrons. The van der Waals surface area contributed by atoms with Crippen LogP contribution in [0, 0.1) is 10.8 Å². The lowest BCUT2D eigenvalue weighted by molar-refractivity contribution is 0.117. The van der Waals surface area contributed by atoms with E-state index in [2.05, 4.69) is 27.7 Å². The van der Waals surface area contributed by atoms with Crippen molar-refractivity contribution in [1.29, 1.82) is 0 Å². The van der Waals surface area contributed by atoms with E-state index in [0.717, 1.165) is 0 Å². The van der Waals surface area contributed by atoms with Crippen LogP contribution in [0.1, 0.15) is 47.0 Å². The number of rotatable bonds is 0. The normalized spacial score (nSPS) is 30.2. The van der Waals surface area contributed by atoms with Crippen molar-refractivity contribution >= 4 is 7.85 Å². The zero-order chi connectivity index (χ0) is 8.70. The molecule has 1 aliphatic rings. The van der Waals surface area contributed by atoms with Crippen LogP contribution >= 0.6 is 0 Å². The minimum atomic E-state index is 0.425. The average molecular weight is 150 g/mol. The smallest absolute Gasteiger partial charge is 0.0700 e. The molecule has 1 aliphatic carbocycles. The van der Waals surface area contributed by atoms with Crippen molar-refractivity contribution in [3.8, 4) is 0 Å². The van der Waals surface area contributed by atoms with E-state index < -0.39 is 0 Å². The van der Waals surface area contributed by atoms with Gasteiger partial charge in [0.1, 0.15) is 0 Å². The molecule has 11 heavy (non-hydrogen) atoms. The van der Waals surface area contributed by atoms with Gasteiger partial charge in [-0.3, -0.25) is 0 Å². The minimum absolute atomic E-state index is 0.425. The fourth-order valence-corrected chi connectivity index (χ4v) is 2.93. The zero-order valence-corrected chi connectivity index (χ0v) is 8.28. The van der Waals surface area contributed by atoms with Gasteiger partial charge in [0.15, 0.2) is 0 Å². The Morgan fingerprint density at radius 3 is 1.64 bits per heavy atom. The van der Waals surface area contributed by atoms with Gasteiger partial charge in [-0.05, 0) is 17.3 Å². The third-order valence-corrected chi connectivity index (χ3v) is 2.59. The Bertz CT molecular complexity index is 131. The standard InChI is InChI=1S/C10H19B/c1-9(2)5-8(11)6-10(3,4)7-9/h8H,5-7H2,1-4H3. The van der Waals surface area contributed by atoms with Crippen molar-refractivity contribution in [2.45, 2.75) is 52.8 Å². The molecule has 0 N–H and O–H groups in total. The Labute approximate surface area is 72.2 Å². The molecule has 1 rings (SSSR count). The molecular weight excluding hydrogens is 131 g/mol. The summed E-state index contributed by atoms with van der Waals surface area (Å²) in [6, 6.07) is 0. The molecule has 1 heteroatoms. The van der Waals surface area contributed by atoms with Crippen LogP contribution in [0.4, 0.5) is 0 Å². The van der Waals surface area contributed by atoms with Crippen LogP contribution < -0.4 is 0 Å². The highest BCUT2D eigenvalue weighted by Crippen LogP contribution is 2.49. The predicted molar refractivity (Wildman–Crippen MR) is 50.9 cm³/mol. The van der Waals surface area contributed by atoms with Crippen molar-refractivity contribution in [2.24, 2.45) is 10.8 Å². The summed E-state index contributed by atoms with van der Waals surface area (Å²) in [5.41, 5.74) is 0.919. The number of hydrogen-bond acceptors (Lipinski definition) is 0. The van der Waals surface area contributed by atoms with Crippen LogP contribution in [-0.2, 0) is 0 Å². The van der Waals surface area contributed by atoms with Crippen LogP contribution in [0.2, 0.25) is 5.82 Å². The molecule has 1 saturated carbocycles. The molecule has 0 nitrogen and oxygen atoms in total. The molecule has 0 aromatic heterocycles. The van der Waals surface area contributed by atoms with Gasteiger partial charge in [0.25, 0.3) is 0 Å². The number of hydrogen-bond donors (Lipinski definition) is 0. The second-order valence-corrected chi connectivity index (χ2v) is 5.67. The Morgan fingerprint density at radius 1 is 1.00 bits per heavy atom. The molecule has 0 bridgehead atoms.